The summed E-state index contributed by atoms with van der Waals surface area (Å²) in [6.45, 7) is 3.69. The van der Waals surface area contributed by atoms with Crippen LogP contribution in [-0.2, 0) is 20.9 Å². The number of hydrogen-bond donors (Lipinski definition) is 1. The van der Waals surface area contributed by atoms with Gasteiger partial charge < -0.3 is 4.74 Å². The molecule has 1 unspecified atom stereocenters. The van der Waals surface area contributed by atoms with E-state index in [-0.39, 0.29) is 23.1 Å². The van der Waals surface area contributed by atoms with Gasteiger partial charge in [-0.2, -0.15) is 13.2 Å². The summed E-state index contributed by atoms with van der Waals surface area (Å²) in [5.41, 5.74) is -1.13. The first-order valence-corrected chi connectivity index (χ1v) is 8.27. The van der Waals surface area contributed by atoms with Crippen molar-refractivity contribution in [2.45, 2.75) is 56.0 Å². The normalized spacial score (nSPS) is 26.9. The highest BCUT2D eigenvalue weighted by molar-refractivity contribution is 7.89. The van der Waals surface area contributed by atoms with Gasteiger partial charge in [0.25, 0.3) is 0 Å². The number of nitrogens with zero attached hydrogens (tertiary/aromatic N) is 1. The number of sulfonamides is 1. The van der Waals surface area contributed by atoms with Gasteiger partial charge in [-0.25, -0.2) is 13.1 Å². The summed E-state index contributed by atoms with van der Waals surface area (Å²) in [5, 5.41) is 0. The van der Waals surface area contributed by atoms with Gasteiger partial charge in [0.05, 0.1) is 12.2 Å². The van der Waals surface area contributed by atoms with Gasteiger partial charge in [-0.15, -0.1) is 0 Å². The van der Waals surface area contributed by atoms with E-state index in [0.717, 1.165) is 12.3 Å². The standard InChI is InChI=1S/C13H17F3N2O3S/c1-8-5-10(6-9(2)21-8)18-22(19,20)11-3-4-12(17-7-11)13(14,15)16/h3-4,7-10,18H,5-6H2,1-2H3/t8-,9+,10?. The molecular formula is C13H17F3N2O3S. The van der Waals surface area contributed by atoms with Crippen LogP contribution < -0.4 is 4.72 Å². The number of nitrogens with one attached hydrogen (secondary N) is 1. The van der Waals surface area contributed by atoms with E-state index in [1.165, 1.54) is 0 Å². The average Bonchev–Trinajstić information content (AvgIpc) is 2.36. The highest BCUT2D eigenvalue weighted by Gasteiger charge is 2.33. The highest BCUT2D eigenvalue weighted by Crippen LogP contribution is 2.28. The summed E-state index contributed by atoms with van der Waals surface area (Å²) in [6.07, 6.45) is -3.02. The molecule has 0 radical (unpaired) electrons. The minimum absolute atomic E-state index is 0.0813. The van der Waals surface area contributed by atoms with Crippen molar-refractivity contribution < 1.29 is 26.3 Å². The highest BCUT2D eigenvalue weighted by atomic mass is 32.2. The zero-order valence-corrected chi connectivity index (χ0v) is 12.9. The summed E-state index contributed by atoms with van der Waals surface area (Å²) in [6, 6.07) is 1.25. The molecule has 1 aromatic heterocycles. The summed E-state index contributed by atoms with van der Waals surface area (Å²) >= 11 is 0. The Balaban J connectivity index is 2.13. The summed E-state index contributed by atoms with van der Waals surface area (Å²) in [5.74, 6) is 0. The van der Waals surface area contributed by atoms with Crippen LogP contribution in [0.3, 0.4) is 0 Å². The van der Waals surface area contributed by atoms with E-state index in [9.17, 15) is 21.6 Å². The van der Waals surface area contributed by atoms with Gasteiger partial charge in [-0.1, -0.05) is 0 Å². The second-order valence-corrected chi connectivity index (χ2v) is 7.14. The van der Waals surface area contributed by atoms with Crippen molar-refractivity contribution in [2.75, 3.05) is 0 Å². The monoisotopic (exact) mass is 338 g/mol. The fourth-order valence-corrected chi connectivity index (χ4v) is 3.70. The lowest BCUT2D eigenvalue weighted by atomic mass is 10.0. The lowest BCUT2D eigenvalue weighted by molar-refractivity contribution is -0.141. The predicted octanol–water partition coefficient (Wildman–Crippen LogP) is 2.33. The van der Waals surface area contributed by atoms with Crippen LogP contribution in [0.5, 0.6) is 0 Å². The van der Waals surface area contributed by atoms with Crippen molar-refractivity contribution in [3.63, 3.8) is 0 Å². The van der Waals surface area contributed by atoms with E-state index in [1.807, 2.05) is 13.8 Å². The Hall–Kier alpha value is -1.19. The molecule has 0 spiro atoms. The van der Waals surface area contributed by atoms with E-state index < -0.39 is 21.9 Å². The lowest BCUT2D eigenvalue weighted by Crippen LogP contribution is -2.43. The van der Waals surface area contributed by atoms with E-state index in [2.05, 4.69) is 9.71 Å². The Bertz CT molecular complexity index is 606. The molecule has 0 aromatic carbocycles. The molecule has 1 fully saturated rings. The first-order chi connectivity index (χ1) is 10.1. The molecule has 2 heterocycles. The number of alkyl halides is 3. The maximum atomic E-state index is 12.4. The average molecular weight is 338 g/mol. The van der Waals surface area contributed by atoms with Crippen molar-refractivity contribution >= 4 is 10.0 Å². The molecule has 1 aliphatic rings. The van der Waals surface area contributed by atoms with E-state index in [4.69, 9.17) is 4.74 Å². The van der Waals surface area contributed by atoms with Gasteiger partial charge in [0.15, 0.2) is 0 Å². The van der Waals surface area contributed by atoms with Gasteiger partial charge in [0, 0.05) is 12.2 Å². The SMILES string of the molecule is C[C@@H]1CC(NS(=O)(=O)c2ccc(C(F)(F)F)nc2)C[C@H](C)O1. The first-order valence-electron chi connectivity index (χ1n) is 6.79. The third-order valence-corrected chi connectivity index (χ3v) is 4.86. The van der Waals surface area contributed by atoms with Crippen molar-refractivity contribution in [1.29, 1.82) is 0 Å². The fraction of sp³-hybridized carbons (Fsp3) is 0.615. The van der Waals surface area contributed by atoms with Crippen LogP contribution in [0, 0.1) is 0 Å². The van der Waals surface area contributed by atoms with Crippen LogP contribution in [0.4, 0.5) is 13.2 Å². The minimum Gasteiger partial charge on any atom is -0.375 e. The van der Waals surface area contributed by atoms with Gasteiger partial charge in [-0.05, 0) is 38.8 Å². The van der Waals surface area contributed by atoms with E-state index in [1.54, 1.807) is 0 Å². The number of hydrogen-bond acceptors (Lipinski definition) is 4. The van der Waals surface area contributed by atoms with Crippen molar-refractivity contribution in [2.24, 2.45) is 0 Å². The van der Waals surface area contributed by atoms with Crippen molar-refractivity contribution in [3.8, 4) is 0 Å². The largest absolute Gasteiger partial charge is 0.433 e. The zero-order chi connectivity index (χ0) is 16.5. The molecule has 5 nitrogen and oxygen atoms in total. The lowest BCUT2D eigenvalue weighted by Gasteiger charge is -2.32. The smallest absolute Gasteiger partial charge is 0.375 e. The number of rotatable bonds is 3. The number of aromatic nitrogens is 1. The molecule has 1 saturated heterocycles. The van der Waals surface area contributed by atoms with Crippen LogP contribution in [0.2, 0.25) is 0 Å². The number of pyridine rings is 1. The molecule has 0 aliphatic carbocycles. The van der Waals surface area contributed by atoms with Crippen LogP contribution in [0.15, 0.2) is 23.2 Å². The molecule has 0 saturated carbocycles. The number of ether oxygens (including phenoxy) is 1. The Labute approximate surface area is 126 Å². The third-order valence-electron chi connectivity index (χ3n) is 3.36. The maximum absolute atomic E-state index is 12.4. The molecule has 3 atom stereocenters. The van der Waals surface area contributed by atoms with Crippen LogP contribution in [-0.4, -0.2) is 31.7 Å². The Morgan fingerprint density at radius 1 is 1.23 bits per heavy atom. The summed E-state index contributed by atoms with van der Waals surface area (Å²) in [7, 11) is -3.90. The van der Waals surface area contributed by atoms with Gasteiger partial charge in [0.2, 0.25) is 10.0 Å². The molecule has 9 heteroatoms. The second-order valence-electron chi connectivity index (χ2n) is 5.42. The molecule has 1 aromatic rings. The molecule has 1 N–H and O–H groups in total. The maximum Gasteiger partial charge on any atom is 0.433 e. The van der Waals surface area contributed by atoms with Crippen LogP contribution >= 0.6 is 0 Å². The Morgan fingerprint density at radius 2 is 1.82 bits per heavy atom. The molecule has 2 rings (SSSR count). The van der Waals surface area contributed by atoms with Gasteiger partial charge >= 0.3 is 6.18 Å². The van der Waals surface area contributed by atoms with Crippen LogP contribution in [0.25, 0.3) is 0 Å². The molecular weight excluding hydrogens is 321 g/mol. The summed E-state index contributed by atoms with van der Waals surface area (Å²) in [4.78, 5) is 2.89. The second kappa shape index (κ2) is 6.13. The quantitative estimate of drug-likeness (QED) is 0.918. The summed E-state index contributed by atoms with van der Waals surface area (Å²) < 4.78 is 69.7. The fourth-order valence-electron chi connectivity index (χ4n) is 2.50. The van der Waals surface area contributed by atoms with Crippen molar-refractivity contribution in [1.82, 2.24) is 9.71 Å². The molecule has 0 bridgehead atoms. The minimum atomic E-state index is -4.60. The van der Waals surface area contributed by atoms with Gasteiger partial charge in [0.1, 0.15) is 10.6 Å². The van der Waals surface area contributed by atoms with Crippen LogP contribution in [0.1, 0.15) is 32.4 Å². The molecule has 124 valence electrons. The molecule has 22 heavy (non-hydrogen) atoms. The predicted molar refractivity (Wildman–Crippen MR) is 72.6 cm³/mol. The van der Waals surface area contributed by atoms with E-state index >= 15 is 0 Å². The molecule has 1 aliphatic heterocycles. The Morgan fingerprint density at radius 3 is 2.27 bits per heavy atom. The molecule has 0 amide bonds. The van der Waals surface area contributed by atoms with Crippen molar-refractivity contribution in [3.05, 3.63) is 24.0 Å². The van der Waals surface area contributed by atoms with E-state index in [0.29, 0.717) is 18.9 Å². The topological polar surface area (TPSA) is 68.3 Å². The third kappa shape index (κ3) is 4.17. The van der Waals surface area contributed by atoms with Gasteiger partial charge in [-0.3, -0.25) is 4.98 Å². The first kappa shape index (κ1) is 17.2. The number of halogens is 3. The Kier molecular flexibility index (Phi) is 4.78. The zero-order valence-electron chi connectivity index (χ0n) is 12.1.